The van der Waals surface area contributed by atoms with E-state index < -0.39 is 0 Å². The van der Waals surface area contributed by atoms with Crippen LogP contribution in [0, 0.1) is 12.7 Å². The molecule has 1 aromatic heterocycles. The SMILES string of the molecule is Cc1cc(C(=O)N(C)C)nc(C2(C)CCCN(Cc3ccccc3-c3ccccc3F)C2)n1. The zero-order valence-electron chi connectivity index (χ0n) is 19.8. The Morgan fingerprint density at radius 3 is 2.52 bits per heavy atom. The van der Waals surface area contributed by atoms with Crippen molar-refractivity contribution < 1.29 is 9.18 Å². The standard InChI is InChI=1S/C27H31FN4O/c1-19-16-24(25(33)31(3)4)30-26(29-19)27(2)14-9-15-32(18-27)17-20-10-5-6-11-21(20)22-12-7-8-13-23(22)28/h5-8,10-13,16H,9,14-15,17-18H2,1-4H3. The van der Waals surface area contributed by atoms with Gasteiger partial charge in [-0.1, -0.05) is 49.4 Å². The van der Waals surface area contributed by atoms with Crippen LogP contribution in [0.5, 0.6) is 0 Å². The van der Waals surface area contributed by atoms with Gasteiger partial charge in [0.1, 0.15) is 17.3 Å². The molecule has 4 rings (SSSR count). The first kappa shape index (κ1) is 23.1. The molecule has 6 heteroatoms. The monoisotopic (exact) mass is 446 g/mol. The molecule has 33 heavy (non-hydrogen) atoms. The summed E-state index contributed by atoms with van der Waals surface area (Å²) in [6.45, 7) is 6.54. The van der Waals surface area contributed by atoms with Crippen molar-refractivity contribution in [2.24, 2.45) is 0 Å². The van der Waals surface area contributed by atoms with Crippen molar-refractivity contribution in [1.82, 2.24) is 19.8 Å². The molecule has 1 saturated heterocycles. The van der Waals surface area contributed by atoms with E-state index in [1.807, 2.05) is 37.3 Å². The van der Waals surface area contributed by atoms with Crippen LogP contribution in [0.4, 0.5) is 4.39 Å². The van der Waals surface area contributed by atoms with Gasteiger partial charge in [-0.3, -0.25) is 9.69 Å². The van der Waals surface area contributed by atoms with Crippen LogP contribution in [0.2, 0.25) is 0 Å². The number of aryl methyl sites for hydroxylation is 1. The van der Waals surface area contributed by atoms with Crippen LogP contribution in [-0.2, 0) is 12.0 Å². The summed E-state index contributed by atoms with van der Waals surface area (Å²) in [6.07, 6.45) is 1.96. The zero-order valence-corrected chi connectivity index (χ0v) is 19.8. The van der Waals surface area contributed by atoms with Crippen molar-refractivity contribution in [3.05, 3.63) is 83.2 Å². The molecular formula is C27H31FN4O. The quantitative estimate of drug-likeness (QED) is 0.562. The van der Waals surface area contributed by atoms with E-state index in [-0.39, 0.29) is 17.1 Å². The number of halogens is 1. The van der Waals surface area contributed by atoms with E-state index in [1.165, 1.54) is 6.07 Å². The summed E-state index contributed by atoms with van der Waals surface area (Å²) >= 11 is 0. The molecule has 0 radical (unpaired) electrons. The van der Waals surface area contributed by atoms with Gasteiger partial charge in [-0.25, -0.2) is 14.4 Å². The van der Waals surface area contributed by atoms with Crippen molar-refractivity contribution in [2.45, 2.75) is 38.6 Å². The second-order valence-electron chi connectivity index (χ2n) is 9.43. The Hall–Kier alpha value is -3.12. The van der Waals surface area contributed by atoms with Crippen molar-refractivity contribution in [1.29, 1.82) is 0 Å². The summed E-state index contributed by atoms with van der Waals surface area (Å²) in [5.41, 5.74) is 3.62. The molecule has 1 atom stereocenters. The van der Waals surface area contributed by atoms with Crippen molar-refractivity contribution in [3.8, 4) is 11.1 Å². The van der Waals surface area contributed by atoms with Gasteiger partial charge in [0.05, 0.1) is 0 Å². The molecular weight excluding hydrogens is 415 g/mol. The third-order valence-electron chi connectivity index (χ3n) is 6.37. The highest BCUT2D eigenvalue weighted by atomic mass is 19.1. The molecule has 172 valence electrons. The third kappa shape index (κ3) is 4.96. The van der Waals surface area contributed by atoms with Crippen LogP contribution < -0.4 is 0 Å². The lowest BCUT2D eigenvalue weighted by Crippen LogP contribution is -2.45. The number of likely N-dealkylation sites (tertiary alicyclic amines) is 1. The first-order valence-electron chi connectivity index (χ1n) is 11.4. The Balaban J connectivity index is 1.61. The molecule has 1 amide bonds. The number of benzene rings is 2. The maximum atomic E-state index is 14.5. The normalized spacial score (nSPS) is 18.8. The Morgan fingerprint density at radius 2 is 1.79 bits per heavy atom. The van der Waals surface area contributed by atoms with Crippen LogP contribution >= 0.6 is 0 Å². The Morgan fingerprint density at radius 1 is 1.09 bits per heavy atom. The summed E-state index contributed by atoms with van der Waals surface area (Å²) in [4.78, 5) is 25.9. The topological polar surface area (TPSA) is 49.3 Å². The second kappa shape index (κ2) is 9.40. The van der Waals surface area contributed by atoms with E-state index in [2.05, 4.69) is 22.9 Å². The summed E-state index contributed by atoms with van der Waals surface area (Å²) < 4.78 is 14.5. The Labute approximate surface area is 195 Å². The van der Waals surface area contributed by atoms with Gasteiger partial charge in [-0.05, 0) is 49.6 Å². The molecule has 1 fully saturated rings. The molecule has 0 aliphatic carbocycles. The largest absolute Gasteiger partial charge is 0.343 e. The number of aromatic nitrogens is 2. The average molecular weight is 447 g/mol. The number of hydrogen-bond acceptors (Lipinski definition) is 4. The number of hydrogen-bond donors (Lipinski definition) is 0. The van der Waals surface area contributed by atoms with Crippen LogP contribution in [0.3, 0.4) is 0 Å². The number of carbonyl (C=O) groups is 1. The van der Waals surface area contributed by atoms with Gasteiger partial charge in [-0.15, -0.1) is 0 Å². The predicted molar refractivity (Wildman–Crippen MR) is 128 cm³/mol. The minimum Gasteiger partial charge on any atom is -0.343 e. The highest BCUT2D eigenvalue weighted by molar-refractivity contribution is 5.92. The molecule has 1 aliphatic heterocycles. The summed E-state index contributed by atoms with van der Waals surface area (Å²) in [6, 6.07) is 16.7. The fourth-order valence-corrected chi connectivity index (χ4v) is 4.68. The second-order valence-corrected chi connectivity index (χ2v) is 9.43. The lowest BCUT2D eigenvalue weighted by Gasteiger charge is -2.40. The average Bonchev–Trinajstić information content (AvgIpc) is 2.79. The number of carbonyl (C=O) groups excluding carboxylic acids is 1. The van der Waals surface area contributed by atoms with Gasteiger partial charge >= 0.3 is 0 Å². The van der Waals surface area contributed by atoms with Gasteiger partial charge in [0.2, 0.25) is 0 Å². The van der Waals surface area contributed by atoms with E-state index in [0.29, 0.717) is 11.3 Å². The predicted octanol–water partition coefficient (Wildman–Crippen LogP) is 4.85. The van der Waals surface area contributed by atoms with Gasteiger partial charge < -0.3 is 4.90 Å². The lowest BCUT2D eigenvalue weighted by molar-refractivity contribution is 0.0820. The van der Waals surface area contributed by atoms with E-state index >= 15 is 0 Å². The maximum Gasteiger partial charge on any atom is 0.272 e. The molecule has 0 saturated carbocycles. The van der Waals surface area contributed by atoms with E-state index in [1.54, 1.807) is 31.1 Å². The van der Waals surface area contributed by atoms with Crippen LogP contribution in [0.1, 0.15) is 47.3 Å². The molecule has 2 heterocycles. The van der Waals surface area contributed by atoms with Crippen LogP contribution in [0.25, 0.3) is 11.1 Å². The molecule has 0 spiro atoms. The first-order chi connectivity index (χ1) is 15.8. The molecule has 1 unspecified atom stereocenters. The van der Waals surface area contributed by atoms with Gasteiger partial charge in [-0.2, -0.15) is 0 Å². The van der Waals surface area contributed by atoms with Crippen molar-refractivity contribution in [3.63, 3.8) is 0 Å². The van der Waals surface area contributed by atoms with Crippen LogP contribution in [-0.4, -0.2) is 52.9 Å². The lowest BCUT2D eigenvalue weighted by atomic mass is 9.80. The molecule has 0 bridgehead atoms. The Kier molecular flexibility index (Phi) is 6.56. The maximum absolute atomic E-state index is 14.5. The minimum atomic E-state index is -0.265. The molecule has 1 aliphatic rings. The number of amides is 1. The molecule has 2 aromatic carbocycles. The third-order valence-corrected chi connectivity index (χ3v) is 6.37. The van der Waals surface area contributed by atoms with Gasteiger partial charge in [0.25, 0.3) is 5.91 Å². The highest BCUT2D eigenvalue weighted by Gasteiger charge is 2.36. The zero-order chi connectivity index (χ0) is 23.6. The number of piperidine rings is 1. The summed E-state index contributed by atoms with van der Waals surface area (Å²) in [7, 11) is 3.47. The molecule has 3 aromatic rings. The van der Waals surface area contributed by atoms with E-state index in [4.69, 9.17) is 4.98 Å². The highest BCUT2D eigenvalue weighted by Crippen LogP contribution is 2.34. The fourth-order valence-electron chi connectivity index (χ4n) is 4.68. The molecule has 5 nitrogen and oxygen atoms in total. The van der Waals surface area contributed by atoms with Crippen molar-refractivity contribution >= 4 is 5.91 Å². The van der Waals surface area contributed by atoms with Gasteiger partial charge in [0.15, 0.2) is 0 Å². The summed E-state index contributed by atoms with van der Waals surface area (Å²) in [5.74, 6) is 0.399. The van der Waals surface area contributed by atoms with Crippen molar-refractivity contribution in [2.75, 3.05) is 27.2 Å². The Bertz CT molecular complexity index is 1160. The minimum absolute atomic E-state index is 0.114. The number of rotatable bonds is 5. The van der Waals surface area contributed by atoms with Gasteiger partial charge in [0, 0.05) is 43.9 Å². The fraction of sp³-hybridized carbons (Fsp3) is 0.370. The van der Waals surface area contributed by atoms with E-state index in [9.17, 15) is 9.18 Å². The van der Waals surface area contributed by atoms with E-state index in [0.717, 1.165) is 55.1 Å². The van der Waals surface area contributed by atoms with Crippen LogP contribution in [0.15, 0.2) is 54.6 Å². The summed E-state index contributed by atoms with van der Waals surface area (Å²) in [5, 5.41) is 0. The number of nitrogens with zero attached hydrogens (tertiary/aromatic N) is 4. The smallest absolute Gasteiger partial charge is 0.272 e. The molecule has 0 N–H and O–H groups in total. The first-order valence-corrected chi connectivity index (χ1v) is 11.4.